The molecule has 0 heterocycles. The van der Waals surface area contributed by atoms with Crippen molar-refractivity contribution in [2.75, 3.05) is 0 Å². The fourth-order valence-electron chi connectivity index (χ4n) is 1.88. The normalized spacial score (nSPS) is 13.5. The molecule has 0 aliphatic heterocycles. The molecule has 0 saturated carbocycles. The second kappa shape index (κ2) is 6.19. The summed E-state index contributed by atoms with van der Waals surface area (Å²) in [5.74, 6) is -0.425. The quantitative estimate of drug-likeness (QED) is 0.875. The van der Waals surface area contributed by atoms with Gasteiger partial charge in [-0.05, 0) is 48.7 Å². The monoisotopic (exact) mass is 304 g/mol. The van der Waals surface area contributed by atoms with Crippen molar-refractivity contribution in [1.29, 1.82) is 0 Å². The molecule has 0 amide bonds. The Bertz CT molecular complexity index is 619. The Morgan fingerprint density at radius 1 is 1.10 bits per heavy atom. The summed E-state index contributed by atoms with van der Waals surface area (Å²) in [7, 11) is 0. The van der Waals surface area contributed by atoms with Gasteiger partial charge in [-0.25, -0.2) is 4.79 Å². The lowest BCUT2D eigenvalue weighted by molar-refractivity contribution is -0.154. The molecule has 0 saturated heterocycles. The largest absolute Gasteiger partial charge is 0.478 e. The van der Waals surface area contributed by atoms with E-state index in [4.69, 9.17) is 16.3 Å². The van der Waals surface area contributed by atoms with Crippen molar-refractivity contribution in [2.24, 2.45) is 0 Å². The Kier molecular flexibility index (Phi) is 4.53. The summed E-state index contributed by atoms with van der Waals surface area (Å²) in [6.45, 7) is 3.36. The molecule has 21 heavy (non-hydrogen) atoms. The summed E-state index contributed by atoms with van der Waals surface area (Å²) in [5.41, 5.74) is 0.858. The van der Waals surface area contributed by atoms with Crippen LogP contribution in [0.1, 0.15) is 20.3 Å². The number of hydrogen-bond acceptors (Lipinski definition) is 2. The fourth-order valence-corrected chi connectivity index (χ4v) is 2.01. The van der Waals surface area contributed by atoms with Crippen molar-refractivity contribution in [3.63, 3.8) is 0 Å². The Labute approximate surface area is 129 Å². The average Bonchev–Trinajstić information content (AvgIpc) is 2.48. The van der Waals surface area contributed by atoms with Gasteiger partial charge >= 0.3 is 5.97 Å². The van der Waals surface area contributed by atoms with Crippen molar-refractivity contribution < 1.29 is 14.6 Å². The molecule has 4 heteroatoms. The molecule has 1 unspecified atom stereocenters. The third-order valence-electron chi connectivity index (χ3n) is 3.50. The number of halogens is 1. The van der Waals surface area contributed by atoms with Crippen molar-refractivity contribution in [3.8, 4) is 16.9 Å². The van der Waals surface area contributed by atoms with E-state index in [0.717, 1.165) is 11.1 Å². The number of rotatable bonds is 5. The molecule has 2 rings (SSSR count). The van der Waals surface area contributed by atoms with Crippen LogP contribution < -0.4 is 4.74 Å². The van der Waals surface area contributed by atoms with Crippen molar-refractivity contribution in [1.82, 2.24) is 0 Å². The molecule has 0 spiro atoms. The van der Waals surface area contributed by atoms with Gasteiger partial charge in [-0.1, -0.05) is 42.8 Å². The van der Waals surface area contributed by atoms with Gasteiger partial charge in [0.25, 0.3) is 0 Å². The predicted molar refractivity (Wildman–Crippen MR) is 83.8 cm³/mol. The van der Waals surface area contributed by atoms with Gasteiger partial charge in [0.05, 0.1) is 0 Å². The standard InChI is InChI=1S/C17H17ClO3/c1-3-17(2,16(19)20)21-15-10-6-13(7-11-15)12-4-8-14(18)9-5-12/h4-11H,3H2,1-2H3,(H,19,20). The highest BCUT2D eigenvalue weighted by Crippen LogP contribution is 2.26. The molecule has 0 aromatic heterocycles. The first-order valence-electron chi connectivity index (χ1n) is 6.73. The topological polar surface area (TPSA) is 46.5 Å². The van der Waals surface area contributed by atoms with Crippen molar-refractivity contribution in [2.45, 2.75) is 25.9 Å². The minimum Gasteiger partial charge on any atom is -0.478 e. The van der Waals surface area contributed by atoms with Gasteiger partial charge in [0.2, 0.25) is 5.60 Å². The van der Waals surface area contributed by atoms with Crippen LogP contribution in [0.2, 0.25) is 5.02 Å². The Morgan fingerprint density at radius 2 is 1.57 bits per heavy atom. The maximum atomic E-state index is 11.2. The lowest BCUT2D eigenvalue weighted by atomic mass is 10.0. The summed E-state index contributed by atoms with van der Waals surface area (Å²) >= 11 is 5.87. The first-order chi connectivity index (χ1) is 9.94. The van der Waals surface area contributed by atoms with E-state index < -0.39 is 11.6 Å². The van der Waals surface area contributed by atoms with Crippen LogP contribution in [0, 0.1) is 0 Å². The van der Waals surface area contributed by atoms with Crippen LogP contribution in [-0.4, -0.2) is 16.7 Å². The summed E-state index contributed by atoms with van der Waals surface area (Å²) in [4.78, 5) is 11.2. The number of carboxylic acids is 1. The number of hydrogen-bond donors (Lipinski definition) is 1. The van der Waals surface area contributed by atoms with Gasteiger partial charge in [0.15, 0.2) is 0 Å². The fraction of sp³-hybridized carbons (Fsp3) is 0.235. The Morgan fingerprint density at radius 3 is 2.00 bits per heavy atom. The van der Waals surface area contributed by atoms with Crippen molar-refractivity contribution >= 4 is 17.6 Å². The second-order valence-electron chi connectivity index (χ2n) is 5.02. The molecule has 3 nitrogen and oxygen atoms in total. The Balaban J connectivity index is 2.19. The van der Waals surface area contributed by atoms with Crippen LogP contribution >= 0.6 is 11.6 Å². The molecular formula is C17H17ClO3. The van der Waals surface area contributed by atoms with E-state index in [1.807, 2.05) is 36.4 Å². The molecule has 0 radical (unpaired) electrons. The molecule has 2 aromatic carbocycles. The lowest BCUT2D eigenvalue weighted by Crippen LogP contribution is -2.40. The van der Waals surface area contributed by atoms with Crippen LogP contribution in [-0.2, 0) is 4.79 Å². The predicted octanol–water partition coefficient (Wildman–Crippen LogP) is 4.64. The zero-order valence-corrected chi connectivity index (χ0v) is 12.7. The van der Waals surface area contributed by atoms with Gasteiger partial charge in [-0.2, -0.15) is 0 Å². The van der Waals surface area contributed by atoms with E-state index in [1.54, 1.807) is 26.0 Å². The van der Waals surface area contributed by atoms with E-state index in [0.29, 0.717) is 17.2 Å². The summed E-state index contributed by atoms with van der Waals surface area (Å²) in [5, 5.41) is 9.91. The molecule has 1 N–H and O–H groups in total. The highest BCUT2D eigenvalue weighted by molar-refractivity contribution is 6.30. The van der Waals surface area contributed by atoms with Gasteiger partial charge in [0, 0.05) is 5.02 Å². The molecule has 0 aliphatic carbocycles. The Hall–Kier alpha value is -2.00. The molecule has 1 atom stereocenters. The van der Waals surface area contributed by atoms with E-state index >= 15 is 0 Å². The highest BCUT2D eigenvalue weighted by Gasteiger charge is 2.33. The van der Waals surface area contributed by atoms with Gasteiger partial charge in [-0.15, -0.1) is 0 Å². The summed E-state index contributed by atoms with van der Waals surface area (Å²) < 4.78 is 5.60. The summed E-state index contributed by atoms with van der Waals surface area (Å²) in [6, 6.07) is 14.9. The van der Waals surface area contributed by atoms with Gasteiger partial charge in [-0.3, -0.25) is 0 Å². The van der Waals surface area contributed by atoms with Crippen LogP contribution in [0.3, 0.4) is 0 Å². The average molecular weight is 305 g/mol. The van der Waals surface area contributed by atoms with E-state index in [1.165, 1.54) is 0 Å². The second-order valence-corrected chi connectivity index (χ2v) is 5.46. The number of carbonyl (C=O) groups is 1. The molecule has 2 aromatic rings. The maximum absolute atomic E-state index is 11.2. The van der Waals surface area contributed by atoms with Gasteiger partial charge < -0.3 is 9.84 Å². The van der Waals surface area contributed by atoms with Crippen LogP contribution in [0.5, 0.6) is 5.75 Å². The first kappa shape index (κ1) is 15.4. The molecule has 0 fully saturated rings. The third kappa shape index (κ3) is 3.56. The van der Waals surface area contributed by atoms with Gasteiger partial charge in [0.1, 0.15) is 5.75 Å². The molecule has 0 aliphatic rings. The number of carboxylic acid groups (broad SMARTS) is 1. The zero-order chi connectivity index (χ0) is 15.5. The lowest BCUT2D eigenvalue weighted by Gasteiger charge is -2.24. The SMILES string of the molecule is CCC(C)(Oc1ccc(-c2ccc(Cl)cc2)cc1)C(=O)O. The zero-order valence-electron chi connectivity index (χ0n) is 12.0. The smallest absolute Gasteiger partial charge is 0.347 e. The number of benzene rings is 2. The van der Waals surface area contributed by atoms with E-state index in [-0.39, 0.29) is 0 Å². The minimum absolute atomic E-state index is 0.390. The van der Waals surface area contributed by atoms with Crippen LogP contribution in [0.15, 0.2) is 48.5 Å². The maximum Gasteiger partial charge on any atom is 0.347 e. The molecule has 0 bridgehead atoms. The third-order valence-corrected chi connectivity index (χ3v) is 3.75. The number of aliphatic carboxylic acids is 1. The van der Waals surface area contributed by atoms with E-state index in [2.05, 4.69) is 0 Å². The minimum atomic E-state index is -1.21. The van der Waals surface area contributed by atoms with E-state index in [9.17, 15) is 9.90 Å². The van der Waals surface area contributed by atoms with Crippen LogP contribution in [0.25, 0.3) is 11.1 Å². The number of ether oxygens (including phenoxy) is 1. The van der Waals surface area contributed by atoms with Crippen LogP contribution in [0.4, 0.5) is 0 Å². The van der Waals surface area contributed by atoms with Crippen molar-refractivity contribution in [3.05, 3.63) is 53.6 Å². The molecule has 110 valence electrons. The summed E-state index contributed by atoms with van der Waals surface area (Å²) in [6.07, 6.45) is 0.390. The first-order valence-corrected chi connectivity index (χ1v) is 7.11. The highest BCUT2D eigenvalue weighted by atomic mass is 35.5. The molecular weight excluding hydrogens is 288 g/mol.